The fourth-order valence-corrected chi connectivity index (χ4v) is 5.23. The highest BCUT2D eigenvalue weighted by molar-refractivity contribution is 5.96. The number of anilines is 2. The van der Waals surface area contributed by atoms with Crippen molar-refractivity contribution >= 4 is 28.6 Å². The van der Waals surface area contributed by atoms with Gasteiger partial charge in [-0.25, -0.2) is 15.0 Å². The summed E-state index contributed by atoms with van der Waals surface area (Å²) in [4.78, 5) is 31.8. The number of aryl methyl sites for hydroxylation is 3. The number of aromatic nitrogens is 4. The predicted molar refractivity (Wildman–Crippen MR) is 127 cm³/mol. The summed E-state index contributed by atoms with van der Waals surface area (Å²) in [5.74, 6) is 2.35. The minimum absolute atomic E-state index is 0.0434. The van der Waals surface area contributed by atoms with E-state index < -0.39 is 0 Å². The average Bonchev–Trinajstić information content (AvgIpc) is 3.01. The van der Waals surface area contributed by atoms with Crippen molar-refractivity contribution in [2.75, 3.05) is 29.4 Å². The van der Waals surface area contributed by atoms with Crippen molar-refractivity contribution in [2.24, 2.45) is 5.92 Å². The van der Waals surface area contributed by atoms with Crippen molar-refractivity contribution in [1.82, 2.24) is 19.5 Å². The Kier molecular flexibility index (Phi) is 5.81. The van der Waals surface area contributed by atoms with Crippen LogP contribution in [0, 0.1) is 12.8 Å². The zero-order valence-electron chi connectivity index (χ0n) is 19.1. The highest BCUT2D eigenvalue weighted by Gasteiger charge is 2.31. The molecule has 0 saturated carbocycles. The van der Waals surface area contributed by atoms with E-state index in [-0.39, 0.29) is 11.8 Å². The molecular weight excluding hydrogens is 400 g/mol. The van der Waals surface area contributed by atoms with E-state index in [1.807, 2.05) is 23.1 Å². The first-order valence-corrected chi connectivity index (χ1v) is 12.0. The lowest BCUT2D eigenvalue weighted by atomic mass is 9.94. The van der Waals surface area contributed by atoms with E-state index in [0.717, 1.165) is 73.0 Å². The van der Waals surface area contributed by atoms with Crippen LogP contribution < -0.4 is 9.80 Å². The number of carbonyl (C=O) groups is 1. The van der Waals surface area contributed by atoms with Gasteiger partial charge in [0.15, 0.2) is 17.0 Å². The smallest absolute Gasteiger partial charge is 0.230 e. The van der Waals surface area contributed by atoms with E-state index >= 15 is 0 Å². The van der Waals surface area contributed by atoms with E-state index in [0.29, 0.717) is 6.54 Å². The molecule has 2 aromatic heterocycles. The first kappa shape index (κ1) is 20.9. The summed E-state index contributed by atoms with van der Waals surface area (Å²) >= 11 is 0. The van der Waals surface area contributed by atoms with Gasteiger partial charge < -0.3 is 14.4 Å². The number of benzene rings is 1. The lowest BCUT2D eigenvalue weighted by molar-refractivity contribution is -0.122. The van der Waals surface area contributed by atoms with E-state index in [9.17, 15) is 4.79 Å². The number of para-hydroxylation sites is 1. The minimum atomic E-state index is 0.0434. The molecule has 0 N–H and O–H groups in total. The van der Waals surface area contributed by atoms with E-state index in [1.165, 1.54) is 19.3 Å². The molecule has 0 radical (unpaired) electrons. The summed E-state index contributed by atoms with van der Waals surface area (Å²) in [6.07, 6.45) is 7.97. The predicted octanol–water partition coefficient (Wildman–Crippen LogP) is 4.13. The van der Waals surface area contributed by atoms with Crippen LogP contribution in [0.3, 0.4) is 0 Å². The molecular formula is C25H32N6O. The Morgan fingerprint density at radius 2 is 1.91 bits per heavy atom. The molecule has 0 atom stereocenters. The van der Waals surface area contributed by atoms with Crippen molar-refractivity contribution in [3.63, 3.8) is 0 Å². The number of fused-ring (bicyclic) bond motifs is 3. The Labute approximate surface area is 189 Å². The Morgan fingerprint density at radius 1 is 1.09 bits per heavy atom. The zero-order valence-corrected chi connectivity index (χ0v) is 19.1. The Bertz CT molecular complexity index is 1110. The van der Waals surface area contributed by atoms with Crippen molar-refractivity contribution < 1.29 is 4.79 Å². The second-order valence-electron chi connectivity index (χ2n) is 8.99. The van der Waals surface area contributed by atoms with E-state index in [4.69, 9.17) is 4.98 Å². The molecule has 1 saturated heterocycles. The molecule has 0 bridgehead atoms. The summed E-state index contributed by atoms with van der Waals surface area (Å²) in [6.45, 7) is 7.44. The molecule has 0 spiro atoms. The molecule has 0 unspecified atom stereocenters. The summed E-state index contributed by atoms with van der Waals surface area (Å²) in [6, 6.07) is 8.15. The van der Waals surface area contributed by atoms with Gasteiger partial charge in [0.05, 0.1) is 0 Å². The number of hydrogen-bond acceptors (Lipinski definition) is 5. The largest absolute Gasteiger partial charge is 0.355 e. The Hall–Kier alpha value is -2.96. The molecule has 5 rings (SSSR count). The van der Waals surface area contributed by atoms with E-state index in [2.05, 4.69) is 39.3 Å². The van der Waals surface area contributed by atoms with Gasteiger partial charge in [-0.2, -0.15) is 0 Å². The maximum atomic E-state index is 13.4. The normalized spacial score (nSPS) is 17.2. The van der Waals surface area contributed by atoms with Crippen molar-refractivity contribution in [2.45, 2.75) is 58.9 Å². The number of amides is 1. The topological polar surface area (TPSA) is 67.2 Å². The van der Waals surface area contributed by atoms with Gasteiger partial charge in [-0.15, -0.1) is 0 Å². The van der Waals surface area contributed by atoms with Gasteiger partial charge in [-0.05, 0) is 51.2 Å². The second-order valence-corrected chi connectivity index (χ2v) is 8.99. The third-order valence-electron chi connectivity index (χ3n) is 7.01. The summed E-state index contributed by atoms with van der Waals surface area (Å²) in [5.41, 5.74) is 4.05. The molecule has 1 aromatic carbocycles. The summed E-state index contributed by atoms with van der Waals surface area (Å²) in [7, 11) is 0. The third kappa shape index (κ3) is 3.74. The average molecular weight is 433 g/mol. The SMILES string of the molecule is CCN(C(=O)C1CCN(c2ncnc3c2nc2n3CCCCC2)CC1)c1ccccc1C. The Balaban J connectivity index is 1.33. The van der Waals surface area contributed by atoms with Crippen LogP contribution in [0.5, 0.6) is 0 Å². The first-order chi connectivity index (χ1) is 15.7. The highest BCUT2D eigenvalue weighted by Crippen LogP contribution is 2.31. The van der Waals surface area contributed by atoms with Gasteiger partial charge >= 0.3 is 0 Å². The lowest BCUT2D eigenvalue weighted by Gasteiger charge is -2.35. The molecule has 3 aromatic rings. The molecule has 4 heterocycles. The van der Waals surface area contributed by atoms with Gasteiger partial charge in [0, 0.05) is 44.2 Å². The zero-order chi connectivity index (χ0) is 22.1. The van der Waals surface area contributed by atoms with E-state index in [1.54, 1.807) is 6.33 Å². The third-order valence-corrected chi connectivity index (χ3v) is 7.01. The fourth-order valence-electron chi connectivity index (χ4n) is 5.23. The van der Waals surface area contributed by atoms with Crippen LogP contribution >= 0.6 is 0 Å². The minimum Gasteiger partial charge on any atom is -0.355 e. The molecule has 7 heteroatoms. The number of hydrogen-bond donors (Lipinski definition) is 0. The Morgan fingerprint density at radius 3 is 2.69 bits per heavy atom. The first-order valence-electron chi connectivity index (χ1n) is 12.0. The molecule has 2 aliphatic rings. The van der Waals surface area contributed by atoms with Crippen LogP contribution in [0.25, 0.3) is 11.2 Å². The number of piperidine rings is 1. The molecule has 7 nitrogen and oxygen atoms in total. The quantitative estimate of drug-likeness (QED) is 0.620. The maximum absolute atomic E-state index is 13.4. The second kappa shape index (κ2) is 8.88. The van der Waals surface area contributed by atoms with Gasteiger partial charge in [0.1, 0.15) is 12.2 Å². The van der Waals surface area contributed by atoms with Crippen molar-refractivity contribution in [3.05, 3.63) is 42.0 Å². The highest BCUT2D eigenvalue weighted by atomic mass is 16.2. The van der Waals surface area contributed by atoms with Crippen LogP contribution in [0.4, 0.5) is 11.5 Å². The van der Waals surface area contributed by atoms with Crippen LogP contribution in [0.1, 0.15) is 50.4 Å². The van der Waals surface area contributed by atoms with Crippen LogP contribution in [0.15, 0.2) is 30.6 Å². The number of carbonyl (C=O) groups excluding carboxylic acids is 1. The lowest BCUT2D eigenvalue weighted by Crippen LogP contribution is -2.43. The van der Waals surface area contributed by atoms with Gasteiger partial charge in [-0.3, -0.25) is 4.79 Å². The molecule has 168 valence electrons. The molecule has 32 heavy (non-hydrogen) atoms. The number of imidazole rings is 1. The van der Waals surface area contributed by atoms with Crippen molar-refractivity contribution in [3.8, 4) is 0 Å². The number of rotatable bonds is 4. The van der Waals surface area contributed by atoms with Gasteiger partial charge in [0.2, 0.25) is 5.91 Å². The molecule has 0 aliphatic carbocycles. The van der Waals surface area contributed by atoms with Crippen LogP contribution in [-0.4, -0.2) is 45.1 Å². The molecule has 1 amide bonds. The summed E-state index contributed by atoms with van der Waals surface area (Å²) in [5, 5.41) is 0. The monoisotopic (exact) mass is 432 g/mol. The van der Waals surface area contributed by atoms with Crippen LogP contribution in [0.2, 0.25) is 0 Å². The van der Waals surface area contributed by atoms with Gasteiger partial charge in [-0.1, -0.05) is 24.6 Å². The maximum Gasteiger partial charge on any atom is 0.230 e. The number of nitrogens with zero attached hydrogens (tertiary/aromatic N) is 6. The summed E-state index contributed by atoms with van der Waals surface area (Å²) < 4.78 is 2.28. The van der Waals surface area contributed by atoms with Crippen LogP contribution in [-0.2, 0) is 17.8 Å². The molecule has 1 fully saturated rings. The fraction of sp³-hybridized carbons (Fsp3) is 0.520. The molecule has 2 aliphatic heterocycles. The van der Waals surface area contributed by atoms with Gasteiger partial charge in [0.25, 0.3) is 0 Å². The standard InChI is InChI=1S/C25H32N6O/c1-3-30(20-10-7-6-9-18(20)2)25(32)19-12-15-29(16-13-19)23-22-24(27-17-26-23)31-14-8-4-5-11-21(31)28-22/h6-7,9-10,17,19H,3-5,8,11-16H2,1-2H3. The van der Waals surface area contributed by atoms with Crippen molar-refractivity contribution in [1.29, 1.82) is 0 Å².